The Bertz CT molecular complexity index is 224. The van der Waals surface area contributed by atoms with Crippen LogP contribution in [0.15, 0.2) is 18.5 Å². The molecule has 1 heterocycles. The van der Waals surface area contributed by atoms with Gasteiger partial charge in [-0.3, -0.25) is 0 Å². The van der Waals surface area contributed by atoms with Crippen molar-refractivity contribution < 1.29 is 0 Å². The van der Waals surface area contributed by atoms with E-state index in [2.05, 4.69) is 17.2 Å². The fourth-order valence-electron chi connectivity index (χ4n) is 2.01. The van der Waals surface area contributed by atoms with Crippen LogP contribution in [0.4, 0.5) is 0 Å². The summed E-state index contributed by atoms with van der Waals surface area (Å²) in [5, 5.41) is 0. The smallest absolute Gasteiger partial charge is 0.00407 e. The van der Waals surface area contributed by atoms with Gasteiger partial charge in [-0.05, 0) is 36.9 Å². The van der Waals surface area contributed by atoms with Gasteiger partial charge in [-0.1, -0.05) is 6.42 Å². The number of nitrogens with one attached hydrogen (secondary N) is 1. The Labute approximate surface area is 73.2 Å². The van der Waals surface area contributed by atoms with Crippen molar-refractivity contribution in [1.82, 2.24) is 4.98 Å². The van der Waals surface area contributed by atoms with Crippen molar-refractivity contribution in [2.24, 2.45) is 11.7 Å². The van der Waals surface area contributed by atoms with E-state index in [1.807, 2.05) is 6.20 Å². The minimum absolute atomic E-state index is 0.602. The zero-order valence-corrected chi connectivity index (χ0v) is 7.29. The average Bonchev–Trinajstić information content (AvgIpc) is 2.47. The lowest BCUT2D eigenvalue weighted by Gasteiger charge is -2.32. The minimum Gasteiger partial charge on any atom is -0.367 e. The Morgan fingerprint density at radius 1 is 1.58 bits per heavy atom. The maximum atomic E-state index is 5.76. The molecule has 0 saturated heterocycles. The first kappa shape index (κ1) is 7.87. The fraction of sp³-hybridized carbons (Fsp3) is 0.600. The van der Waals surface area contributed by atoms with Gasteiger partial charge in [0.05, 0.1) is 0 Å². The highest BCUT2D eigenvalue weighted by Crippen LogP contribution is 2.38. The lowest BCUT2D eigenvalue weighted by Crippen LogP contribution is -2.26. The van der Waals surface area contributed by atoms with Gasteiger partial charge in [0.1, 0.15) is 0 Å². The van der Waals surface area contributed by atoms with E-state index < -0.39 is 0 Å². The first-order valence-corrected chi connectivity index (χ1v) is 4.74. The zero-order chi connectivity index (χ0) is 8.39. The van der Waals surface area contributed by atoms with Crippen LogP contribution in [0.3, 0.4) is 0 Å². The number of nitrogens with two attached hydrogens (primary N) is 1. The van der Waals surface area contributed by atoms with Crippen molar-refractivity contribution >= 4 is 0 Å². The third-order valence-corrected chi connectivity index (χ3v) is 3.02. The van der Waals surface area contributed by atoms with Gasteiger partial charge in [-0.2, -0.15) is 0 Å². The Kier molecular flexibility index (Phi) is 2.17. The highest BCUT2D eigenvalue weighted by Gasteiger charge is 2.27. The molecule has 0 radical (unpaired) electrons. The van der Waals surface area contributed by atoms with Crippen molar-refractivity contribution in [3.05, 3.63) is 24.0 Å². The lowest BCUT2D eigenvalue weighted by atomic mass is 9.73. The van der Waals surface area contributed by atoms with Gasteiger partial charge in [-0.25, -0.2) is 0 Å². The summed E-state index contributed by atoms with van der Waals surface area (Å²) in [6.07, 6.45) is 8.19. The normalized spacial score (nSPS) is 20.4. The van der Waals surface area contributed by atoms with Gasteiger partial charge in [-0.15, -0.1) is 0 Å². The molecule has 2 heteroatoms. The maximum absolute atomic E-state index is 5.76. The van der Waals surface area contributed by atoms with Crippen LogP contribution < -0.4 is 5.73 Å². The average molecular weight is 164 g/mol. The lowest BCUT2D eigenvalue weighted by molar-refractivity contribution is 0.264. The quantitative estimate of drug-likeness (QED) is 0.703. The molecule has 1 unspecified atom stereocenters. The van der Waals surface area contributed by atoms with E-state index in [-0.39, 0.29) is 0 Å². The molecule has 0 amide bonds. The van der Waals surface area contributed by atoms with Crippen molar-refractivity contribution in [3.8, 4) is 0 Å². The molecule has 1 saturated carbocycles. The summed E-state index contributed by atoms with van der Waals surface area (Å²) in [7, 11) is 0. The third kappa shape index (κ3) is 1.27. The Balaban J connectivity index is 2.07. The van der Waals surface area contributed by atoms with E-state index in [4.69, 9.17) is 5.73 Å². The Morgan fingerprint density at radius 2 is 2.42 bits per heavy atom. The molecule has 1 aromatic rings. The molecule has 0 bridgehead atoms. The van der Waals surface area contributed by atoms with Crippen LogP contribution in [0.25, 0.3) is 0 Å². The number of hydrogen-bond acceptors (Lipinski definition) is 1. The van der Waals surface area contributed by atoms with E-state index in [1.54, 1.807) is 0 Å². The van der Waals surface area contributed by atoms with Crippen molar-refractivity contribution in [3.63, 3.8) is 0 Å². The molecule has 1 atom stereocenters. The Hall–Kier alpha value is -0.760. The molecule has 12 heavy (non-hydrogen) atoms. The van der Waals surface area contributed by atoms with Crippen LogP contribution in [0.5, 0.6) is 0 Å². The summed E-state index contributed by atoms with van der Waals surface area (Å²) in [6, 6.07) is 2.15. The molecule has 1 aliphatic carbocycles. The molecule has 0 aliphatic heterocycles. The molecule has 1 fully saturated rings. The van der Waals surface area contributed by atoms with Crippen LogP contribution in [0.1, 0.15) is 30.7 Å². The molecule has 1 aliphatic rings. The molecule has 1 aromatic heterocycles. The number of aromatic amines is 1. The molecular formula is C10H16N2. The molecule has 3 N–H and O–H groups in total. The van der Waals surface area contributed by atoms with Gasteiger partial charge in [0.25, 0.3) is 0 Å². The van der Waals surface area contributed by atoms with Crippen LogP contribution >= 0.6 is 0 Å². The van der Waals surface area contributed by atoms with Gasteiger partial charge >= 0.3 is 0 Å². The second kappa shape index (κ2) is 3.31. The second-order valence-electron chi connectivity index (χ2n) is 3.68. The van der Waals surface area contributed by atoms with E-state index in [0.29, 0.717) is 5.92 Å². The summed E-state index contributed by atoms with van der Waals surface area (Å²) in [5.74, 6) is 1.45. The Morgan fingerprint density at radius 3 is 2.83 bits per heavy atom. The van der Waals surface area contributed by atoms with Crippen LogP contribution in [-0.4, -0.2) is 11.5 Å². The molecule has 0 spiro atoms. The summed E-state index contributed by atoms with van der Waals surface area (Å²) < 4.78 is 0. The topological polar surface area (TPSA) is 41.8 Å². The SMILES string of the molecule is NCC(c1cc[nH]c1)C1CCC1. The highest BCUT2D eigenvalue weighted by molar-refractivity contribution is 5.17. The van der Waals surface area contributed by atoms with Gasteiger partial charge in [0, 0.05) is 18.3 Å². The van der Waals surface area contributed by atoms with Crippen molar-refractivity contribution in [2.45, 2.75) is 25.2 Å². The van der Waals surface area contributed by atoms with Gasteiger partial charge < -0.3 is 10.7 Å². The van der Waals surface area contributed by atoms with Crippen molar-refractivity contribution in [1.29, 1.82) is 0 Å². The number of aromatic nitrogens is 1. The van der Waals surface area contributed by atoms with Crippen LogP contribution in [0, 0.1) is 5.92 Å². The van der Waals surface area contributed by atoms with E-state index in [0.717, 1.165) is 12.5 Å². The number of H-pyrrole nitrogens is 1. The first-order valence-electron chi connectivity index (χ1n) is 4.74. The monoisotopic (exact) mass is 164 g/mol. The van der Waals surface area contributed by atoms with Crippen molar-refractivity contribution in [2.75, 3.05) is 6.54 Å². The fourth-order valence-corrected chi connectivity index (χ4v) is 2.01. The predicted molar refractivity (Wildman–Crippen MR) is 49.9 cm³/mol. The standard InChI is InChI=1S/C10H16N2/c11-6-10(8-2-1-3-8)9-4-5-12-7-9/h4-5,7-8,10,12H,1-3,6,11H2. The summed E-state index contributed by atoms with van der Waals surface area (Å²) in [5.41, 5.74) is 7.15. The summed E-state index contributed by atoms with van der Waals surface area (Å²) in [4.78, 5) is 3.09. The predicted octanol–water partition coefficient (Wildman–Crippen LogP) is 1.86. The van der Waals surface area contributed by atoms with Crippen LogP contribution in [0.2, 0.25) is 0 Å². The van der Waals surface area contributed by atoms with E-state index in [9.17, 15) is 0 Å². The number of rotatable bonds is 3. The highest BCUT2D eigenvalue weighted by atomic mass is 14.6. The second-order valence-corrected chi connectivity index (χ2v) is 3.68. The van der Waals surface area contributed by atoms with E-state index in [1.165, 1.54) is 24.8 Å². The third-order valence-electron chi connectivity index (χ3n) is 3.02. The first-order chi connectivity index (χ1) is 5.92. The number of hydrogen-bond donors (Lipinski definition) is 2. The van der Waals surface area contributed by atoms with E-state index >= 15 is 0 Å². The van der Waals surface area contributed by atoms with Gasteiger partial charge in [0.2, 0.25) is 0 Å². The molecule has 0 aromatic carbocycles. The maximum Gasteiger partial charge on any atom is 0.00407 e. The zero-order valence-electron chi connectivity index (χ0n) is 7.29. The van der Waals surface area contributed by atoms with Crippen LogP contribution in [-0.2, 0) is 0 Å². The molecule has 2 rings (SSSR count). The molecule has 66 valence electrons. The molecular weight excluding hydrogens is 148 g/mol. The summed E-state index contributed by atoms with van der Waals surface area (Å²) in [6.45, 7) is 0.794. The van der Waals surface area contributed by atoms with Gasteiger partial charge in [0.15, 0.2) is 0 Å². The minimum atomic E-state index is 0.602. The summed E-state index contributed by atoms with van der Waals surface area (Å²) >= 11 is 0. The largest absolute Gasteiger partial charge is 0.367 e. The molecule has 2 nitrogen and oxygen atoms in total.